The third-order valence-corrected chi connectivity index (χ3v) is 4.60. The van der Waals surface area contributed by atoms with Crippen LogP contribution in [0.4, 0.5) is 5.69 Å². The summed E-state index contributed by atoms with van der Waals surface area (Å²) in [5.41, 5.74) is 1.64. The van der Waals surface area contributed by atoms with E-state index in [1.165, 1.54) is 0 Å². The lowest BCUT2D eigenvalue weighted by molar-refractivity contribution is 0.0695. The number of methoxy groups -OCH3 is 1. The molecular formula is C21H26N2O3S. The summed E-state index contributed by atoms with van der Waals surface area (Å²) >= 11 is 5.55. The van der Waals surface area contributed by atoms with Gasteiger partial charge in [0.15, 0.2) is 5.11 Å². The van der Waals surface area contributed by atoms with Gasteiger partial charge in [-0.25, -0.2) is 0 Å². The largest absolute Gasteiger partial charge is 0.497 e. The molecule has 3 rings (SSSR count). The average molecular weight is 387 g/mol. The molecule has 0 aliphatic carbocycles. The van der Waals surface area contributed by atoms with E-state index in [0.29, 0.717) is 11.7 Å². The summed E-state index contributed by atoms with van der Waals surface area (Å²) in [6.45, 7) is 6.75. The van der Waals surface area contributed by atoms with Crippen LogP contribution in [0.1, 0.15) is 38.8 Å². The van der Waals surface area contributed by atoms with Crippen molar-refractivity contribution in [3.8, 4) is 17.2 Å². The molecule has 144 valence electrons. The molecule has 0 bridgehead atoms. The van der Waals surface area contributed by atoms with Crippen molar-refractivity contribution in [1.82, 2.24) is 5.32 Å². The van der Waals surface area contributed by atoms with Crippen LogP contribution < -0.4 is 24.8 Å². The van der Waals surface area contributed by atoms with E-state index in [1.54, 1.807) is 7.11 Å². The first-order valence-electron chi connectivity index (χ1n) is 9.07. The summed E-state index contributed by atoms with van der Waals surface area (Å²) in [6.07, 6.45) is 0.786. The first-order chi connectivity index (χ1) is 12.9. The summed E-state index contributed by atoms with van der Waals surface area (Å²) in [4.78, 5) is 0. The number of hydrogen-bond donors (Lipinski definition) is 2. The average Bonchev–Trinajstić information content (AvgIpc) is 2.61. The van der Waals surface area contributed by atoms with Crippen molar-refractivity contribution in [2.45, 2.75) is 38.8 Å². The van der Waals surface area contributed by atoms with Crippen molar-refractivity contribution in [3.63, 3.8) is 0 Å². The van der Waals surface area contributed by atoms with E-state index in [1.807, 2.05) is 49.4 Å². The van der Waals surface area contributed by atoms with Crippen LogP contribution in [-0.4, -0.2) is 24.4 Å². The van der Waals surface area contributed by atoms with Crippen LogP contribution in [0.25, 0.3) is 0 Å². The van der Waals surface area contributed by atoms with Crippen molar-refractivity contribution >= 4 is 23.0 Å². The Morgan fingerprint density at radius 1 is 1.22 bits per heavy atom. The molecule has 1 atom stereocenters. The molecule has 0 unspecified atom stereocenters. The molecule has 0 radical (unpaired) electrons. The fraction of sp³-hybridized carbons (Fsp3) is 0.381. The van der Waals surface area contributed by atoms with E-state index in [2.05, 4.69) is 24.5 Å². The number of thiocarbonyl (C=S) groups is 1. The van der Waals surface area contributed by atoms with Crippen LogP contribution in [0.2, 0.25) is 0 Å². The van der Waals surface area contributed by atoms with Crippen LogP contribution in [0.5, 0.6) is 17.2 Å². The first kappa shape index (κ1) is 19.3. The van der Waals surface area contributed by atoms with E-state index in [4.69, 9.17) is 26.4 Å². The predicted molar refractivity (Wildman–Crippen MR) is 112 cm³/mol. The lowest BCUT2D eigenvalue weighted by atomic mass is 9.89. The minimum atomic E-state index is -0.288. The van der Waals surface area contributed by atoms with Gasteiger partial charge in [0.1, 0.15) is 22.8 Å². The zero-order valence-electron chi connectivity index (χ0n) is 16.2. The van der Waals surface area contributed by atoms with E-state index >= 15 is 0 Å². The van der Waals surface area contributed by atoms with Crippen LogP contribution in [0.3, 0.4) is 0 Å². The van der Waals surface area contributed by atoms with Gasteiger partial charge in [-0.05, 0) is 63.3 Å². The third-order valence-electron chi connectivity index (χ3n) is 4.38. The molecule has 1 heterocycles. The standard InChI is InChI=1S/C21H26N2O3S/c1-5-25-16-8-6-7-14(11-16)22-20(27)23-18-13-21(2,3)26-19-10-9-15(24-4)12-17(18)19/h6-12,18H,5,13H2,1-4H3,(H2,22,23,27)/t18-/m0/s1. The van der Waals surface area contributed by atoms with Crippen LogP contribution >= 0.6 is 12.2 Å². The molecule has 1 aliphatic heterocycles. The monoisotopic (exact) mass is 386 g/mol. The van der Waals surface area contributed by atoms with Crippen molar-refractivity contribution in [2.75, 3.05) is 19.0 Å². The van der Waals surface area contributed by atoms with Gasteiger partial charge in [0, 0.05) is 23.7 Å². The Bertz CT molecular complexity index is 823. The summed E-state index contributed by atoms with van der Waals surface area (Å²) in [6, 6.07) is 13.6. The molecule has 0 saturated carbocycles. The molecule has 5 nitrogen and oxygen atoms in total. The molecule has 0 aromatic heterocycles. The van der Waals surface area contributed by atoms with Gasteiger partial charge in [-0.2, -0.15) is 0 Å². The number of ether oxygens (including phenoxy) is 3. The summed E-state index contributed by atoms with van der Waals surface area (Å²) in [5, 5.41) is 7.22. The SMILES string of the molecule is CCOc1cccc(NC(=S)N[C@H]2CC(C)(C)Oc3ccc(OC)cc32)c1. The van der Waals surface area contributed by atoms with Crippen molar-refractivity contribution in [2.24, 2.45) is 0 Å². The minimum absolute atomic E-state index is 0.0222. The molecule has 27 heavy (non-hydrogen) atoms. The number of hydrogen-bond acceptors (Lipinski definition) is 4. The van der Waals surface area contributed by atoms with Gasteiger partial charge in [0.2, 0.25) is 0 Å². The highest BCUT2D eigenvalue weighted by Crippen LogP contribution is 2.41. The number of rotatable bonds is 5. The van der Waals surface area contributed by atoms with Gasteiger partial charge >= 0.3 is 0 Å². The van der Waals surface area contributed by atoms with Crippen LogP contribution in [-0.2, 0) is 0 Å². The maximum absolute atomic E-state index is 6.12. The van der Waals surface area contributed by atoms with E-state index in [0.717, 1.165) is 34.9 Å². The van der Waals surface area contributed by atoms with Crippen LogP contribution in [0, 0.1) is 0 Å². The molecule has 2 aromatic carbocycles. The van der Waals surface area contributed by atoms with Gasteiger partial charge < -0.3 is 24.8 Å². The molecule has 0 saturated heterocycles. The molecule has 0 amide bonds. The van der Waals surface area contributed by atoms with Crippen molar-refractivity contribution in [3.05, 3.63) is 48.0 Å². The summed E-state index contributed by atoms with van der Waals surface area (Å²) < 4.78 is 17.0. The Morgan fingerprint density at radius 2 is 2.04 bits per heavy atom. The van der Waals surface area contributed by atoms with Gasteiger partial charge in [-0.3, -0.25) is 0 Å². The fourth-order valence-corrected chi connectivity index (χ4v) is 3.50. The summed E-state index contributed by atoms with van der Waals surface area (Å²) in [5.74, 6) is 2.46. The number of anilines is 1. The van der Waals surface area contributed by atoms with Crippen molar-refractivity contribution in [1.29, 1.82) is 0 Å². The second-order valence-corrected chi connectivity index (χ2v) is 7.49. The zero-order chi connectivity index (χ0) is 19.4. The number of fused-ring (bicyclic) bond motifs is 1. The van der Waals surface area contributed by atoms with Gasteiger partial charge in [0.25, 0.3) is 0 Å². The maximum atomic E-state index is 6.12. The van der Waals surface area contributed by atoms with Crippen molar-refractivity contribution < 1.29 is 14.2 Å². The number of benzene rings is 2. The Labute approximate surface area is 166 Å². The van der Waals surface area contributed by atoms with E-state index < -0.39 is 0 Å². The maximum Gasteiger partial charge on any atom is 0.171 e. The Kier molecular flexibility index (Phi) is 5.75. The third kappa shape index (κ3) is 4.83. The van der Waals surface area contributed by atoms with E-state index in [9.17, 15) is 0 Å². The smallest absolute Gasteiger partial charge is 0.171 e. The normalized spacial score (nSPS) is 17.3. The quantitative estimate of drug-likeness (QED) is 0.728. The molecule has 0 spiro atoms. The topological polar surface area (TPSA) is 51.8 Å². The van der Waals surface area contributed by atoms with Crippen LogP contribution in [0.15, 0.2) is 42.5 Å². The second-order valence-electron chi connectivity index (χ2n) is 7.08. The fourth-order valence-electron chi connectivity index (χ4n) is 3.24. The Balaban J connectivity index is 1.76. The summed E-state index contributed by atoms with van der Waals surface area (Å²) in [7, 11) is 1.66. The first-order valence-corrected chi connectivity index (χ1v) is 9.48. The van der Waals surface area contributed by atoms with Gasteiger partial charge in [0.05, 0.1) is 19.8 Å². The molecule has 0 fully saturated rings. The van der Waals surface area contributed by atoms with E-state index in [-0.39, 0.29) is 11.6 Å². The van der Waals surface area contributed by atoms with Gasteiger partial charge in [-0.1, -0.05) is 6.07 Å². The Morgan fingerprint density at radius 3 is 2.78 bits per heavy atom. The minimum Gasteiger partial charge on any atom is -0.497 e. The molecule has 2 aromatic rings. The number of nitrogens with one attached hydrogen (secondary N) is 2. The molecule has 1 aliphatic rings. The predicted octanol–water partition coefficient (Wildman–Crippen LogP) is 4.68. The lowest BCUT2D eigenvalue weighted by Gasteiger charge is -2.38. The molecule has 2 N–H and O–H groups in total. The highest BCUT2D eigenvalue weighted by molar-refractivity contribution is 7.80. The molecule has 6 heteroatoms. The second kappa shape index (κ2) is 8.05. The highest BCUT2D eigenvalue weighted by Gasteiger charge is 2.34. The molecular weight excluding hydrogens is 360 g/mol. The Hall–Kier alpha value is -2.47. The highest BCUT2D eigenvalue weighted by atomic mass is 32.1. The zero-order valence-corrected chi connectivity index (χ0v) is 17.0. The van der Waals surface area contributed by atoms with Gasteiger partial charge in [-0.15, -0.1) is 0 Å². The lowest BCUT2D eigenvalue weighted by Crippen LogP contribution is -2.42.